The van der Waals surface area contributed by atoms with Crippen LogP contribution in [0.4, 0.5) is 0 Å². The Morgan fingerprint density at radius 1 is 1.14 bits per heavy atom. The predicted molar refractivity (Wildman–Crippen MR) is 81.6 cm³/mol. The van der Waals surface area contributed by atoms with Crippen molar-refractivity contribution in [3.8, 4) is 0 Å². The van der Waals surface area contributed by atoms with Crippen molar-refractivity contribution >= 4 is 29.1 Å². The van der Waals surface area contributed by atoms with Gasteiger partial charge in [-0.3, -0.25) is 19.7 Å². The van der Waals surface area contributed by atoms with Gasteiger partial charge in [-0.25, -0.2) is 0 Å². The Hall–Kier alpha value is -1.69. The first-order valence-electron chi connectivity index (χ1n) is 7.90. The molecule has 3 aliphatic rings. The molecule has 0 spiro atoms. The molecule has 4 rings (SSSR count). The van der Waals surface area contributed by atoms with Gasteiger partial charge in [0.1, 0.15) is 6.04 Å². The van der Waals surface area contributed by atoms with Crippen LogP contribution in [0, 0.1) is 0 Å². The summed E-state index contributed by atoms with van der Waals surface area (Å²) in [6.07, 6.45) is 5.54. The van der Waals surface area contributed by atoms with Gasteiger partial charge in [-0.1, -0.05) is 12.8 Å². The number of piperidine rings is 1. The number of thiophene rings is 1. The minimum atomic E-state index is -0.499. The first kappa shape index (κ1) is 13.9. The molecule has 1 aromatic rings. The van der Waals surface area contributed by atoms with Gasteiger partial charge in [0.25, 0.3) is 5.91 Å². The van der Waals surface area contributed by atoms with Gasteiger partial charge in [-0.05, 0) is 36.1 Å². The van der Waals surface area contributed by atoms with E-state index < -0.39 is 6.04 Å². The molecule has 6 heteroatoms. The van der Waals surface area contributed by atoms with Crippen molar-refractivity contribution in [1.29, 1.82) is 0 Å². The average molecular weight is 318 g/mol. The van der Waals surface area contributed by atoms with Crippen LogP contribution in [0.15, 0.2) is 5.38 Å². The second-order valence-electron chi connectivity index (χ2n) is 6.37. The Morgan fingerprint density at radius 2 is 1.91 bits per heavy atom. The topological polar surface area (TPSA) is 66.5 Å². The summed E-state index contributed by atoms with van der Waals surface area (Å²) < 4.78 is 0. The van der Waals surface area contributed by atoms with Crippen LogP contribution in [0.3, 0.4) is 0 Å². The molecule has 116 valence electrons. The second-order valence-corrected chi connectivity index (χ2v) is 7.33. The standard InChI is InChI=1S/C16H18N2O3S/c19-13-6-5-11(15(20)17-13)18-7-12-14(16(18)21)10(8-22-12)9-3-1-2-4-9/h8-9,11H,1-7H2,(H,17,19,20). The Labute approximate surface area is 132 Å². The number of nitrogens with zero attached hydrogens (tertiary/aromatic N) is 1. The molecule has 1 atom stereocenters. The first-order chi connectivity index (χ1) is 10.6. The molecule has 1 aromatic heterocycles. The van der Waals surface area contributed by atoms with Crippen LogP contribution in [-0.2, 0) is 16.1 Å². The number of amides is 3. The highest BCUT2D eigenvalue weighted by Gasteiger charge is 2.41. The molecule has 22 heavy (non-hydrogen) atoms. The van der Waals surface area contributed by atoms with E-state index in [0.29, 0.717) is 25.3 Å². The van der Waals surface area contributed by atoms with Gasteiger partial charge < -0.3 is 4.90 Å². The molecule has 5 nitrogen and oxygen atoms in total. The van der Waals surface area contributed by atoms with E-state index in [0.717, 1.165) is 23.3 Å². The molecule has 1 saturated carbocycles. The number of fused-ring (bicyclic) bond motifs is 1. The van der Waals surface area contributed by atoms with E-state index in [9.17, 15) is 14.4 Å². The molecule has 0 bridgehead atoms. The van der Waals surface area contributed by atoms with E-state index >= 15 is 0 Å². The van der Waals surface area contributed by atoms with Crippen molar-refractivity contribution in [2.75, 3.05) is 0 Å². The van der Waals surface area contributed by atoms with E-state index in [1.165, 1.54) is 18.4 Å². The van der Waals surface area contributed by atoms with Crippen molar-refractivity contribution in [1.82, 2.24) is 10.2 Å². The van der Waals surface area contributed by atoms with Crippen molar-refractivity contribution in [3.63, 3.8) is 0 Å². The van der Waals surface area contributed by atoms with E-state index in [1.54, 1.807) is 16.2 Å². The maximum absolute atomic E-state index is 12.8. The minimum Gasteiger partial charge on any atom is -0.321 e. The molecule has 1 unspecified atom stereocenters. The van der Waals surface area contributed by atoms with Gasteiger partial charge >= 0.3 is 0 Å². The second kappa shape index (κ2) is 5.19. The lowest BCUT2D eigenvalue weighted by molar-refractivity contribution is -0.136. The van der Waals surface area contributed by atoms with Crippen LogP contribution < -0.4 is 5.32 Å². The van der Waals surface area contributed by atoms with Gasteiger partial charge in [0.05, 0.1) is 12.1 Å². The summed E-state index contributed by atoms with van der Waals surface area (Å²) in [6.45, 7) is 0.512. The fraction of sp³-hybridized carbons (Fsp3) is 0.562. The fourth-order valence-electron chi connectivity index (χ4n) is 3.91. The number of carbonyl (C=O) groups excluding carboxylic acids is 3. The molecule has 3 amide bonds. The third-order valence-corrected chi connectivity index (χ3v) is 6.06. The number of hydrogen-bond acceptors (Lipinski definition) is 4. The zero-order valence-corrected chi connectivity index (χ0v) is 13.1. The maximum atomic E-state index is 12.8. The summed E-state index contributed by atoms with van der Waals surface area (Å²) in [7, 11) is 0. The maximum Gasteiger partial charge on any atom is 0.256 e. The average Bonchev–Trinajstić information content (AvgIpc) is 3.18. The Kier molecular flexibility index (Phi) is 3.29. The van der Waals surface area contributed by atoms with Gasteiger partial charge in [-0.15, -0.1) is 11.3 Å². The lowest BCUT2D eigenvalue weighted by Gasteiger charge is -2.29. The van der Waals surface area contributed by atoms with Crippen molar-refractivity contribution in [2.24, 2.45) is 0 Å². The normalized spacial score (nSPS) is 25.7. The summed E-state index contributed by atoms with van der Waals surface area (Å²) in [5, 5.41) is 4.49. The molecule has 2 aliphatic heterocycles. The number of imide groups is 1. The third kappa shape index (κ3) is 2.08. The smallest absolute Gasteiger partial charge is 0.256 e. The van der Waals surface area contributed by atoms with E-state index in [-0.39, 0.29) is 17.7 Å². The predicted octanol–water partition coefficient (Wildman–Crippen LogP) is 2.17. The number of nitrogens with one attached hydrogen (secondary N) is 1. The molecule has 0 radical (unpaired) electrons. The summed E-state index contributed by atoms with van der Waals surface area (Å²) in [4.78, 5) is 38.9. The molecule has 0 aromatic carbocycles. The molecular formula is C16H18N2O3S. The SMILES string of the molecule is O=C1CCC(N2Cc3scc(C4CCCC4)c3C2=O)C(=O)N1. The Morgan fingerprint density at radius 3 is 2.64 bits per heavy atom. The van der Waals surface area contributed by atoms with Gasteiger partial charge in [0.2, 0.25) is 11.8 Å². The molecule has 2 fully saturated rings. The van der Waals surface area contributed by atoms with E-state index in [2.05, 4.69) is 10.7 Å². The quantitative estimate of drug-likeness (QED) is 0.850. The van der Waals surface area contributed by atoms with Gasteiger partial charge in [0.15, 0.2) is 0 Å². The van der Waals surface area contributed by atoms with E-state index in [4.69, 9.17) is 0 Å². The summed E-state index contributed by atoms with van der Waals surface area (Å²) in [5.74, 6) is -0.0882. The Bertz CT molecular complexity index is 660. The highest BCUT2D eigenvalue weighted by Crippen LogP contribution is 2.42. The Balaban J connectivity index is 1.60. The lowest BCUT2D eigenvalue weighted by Crippen LogP contribution is -2.52. The van der Waals surface area contributed by atoms with E-state index in [1.807, 2.05) is 0 Å². The van der Waals surface area contributed by atoms with Crippen LogP contribution in [0.5, 0.6) is 0 Å². The molecule has 3 heterocycles. The first-order valence-corrected chi connectivity index (χ1v) is 8.78. The van der Waals surface area contributed by atoms with Crippen LogP contribution in [0.25, 0.3) is 0 Å². The van der Waals surface area contributed by atoms with Gasteiger partial charge in [-0.2, -0.15) is 0 Å². The van der Waals surface area contributed by atoms with Crippen molar-refractivity contribution in [3.05, 3.63) is 21.4 Å². The molecule has 1 N–H and O–H groups in total. The summed E-state index contributed by atoms with van der Waals surface area (Å²) >= 11 is 1.64. The lowest BCUT2D eigenvalue weighted by atomic mass is 9.96. The van der Waals surface area contributed by atoms with Crippen LogP contribution in [0.1, 0.15) is 65.2 Å². The third-order valence-electron chi connectivity index (χ3n) is 5.07. The summed E-state index contributed by atoms with van der Waals surface area (Å²) in [5.41, 5.74) is 2.04. The van der Waals surface area contributed by atoms with Crippen molar-refractivity contribution in [2.45, 2.75) is 57.0 Å². The van der Waals surface area contributed by atoms with Crippen LogP contribution in [-0.4, -0.2) is 28.7 Å². The largest absolute Gasteiger partial charge is 0.321 e. The number of carbonyl (C=O) groups is 3. The highest BCUT2D eigenvalue weighted by atomic mass is 32.1. The molecule has 1 saturated heterocycles. The summed E-state index contributed by atoms with van der Waals surface area (Å²) in [6, 6.07) is -0.499. The monoisotopic (exact) mass is 318 g/mol. The minimum absolute atomic E-state index is 0.0207. The zero-order chi connectivity index (χ0) is 15.3. The molecule has 1 aliphatic carbocycles. The molecular weight excluding hydrogens is 300 g/mol. The number of hydrogen-bond donors (Lipinski definition) is 1. The van der Waals surface area contributed by atoms with Crippen molar-refractivity contribution < 1.29 is 14.4 Å². The van der Waals surface area contributed by atoms with Crippen LogP contribution in [0.2, 0.25) is 0 Å². The fourth-order valence-corrected chi connectivity index (χ4v) is 5.03. The van der Waals surface area contributed by atoms with Crippen LogP contribution >= 0.6 is 11.3 Å². The highest BCUT2D eigenvalue weighted by molar-refractivity contribution is 7.10. The number of rotatable bonds is 2. The zero-order valence-electron chi connectivity index (χ0n) is 12.3. The van der Waals surface area contributed by atoms with Gasteiger partial charge in [0, 0.05) is 11.3 Å².